The molecule has 0 aromatic heterocycles. The number of nitrogens with two attached hydrogens (primary N) is 1. The number of benzene rings is 1. The van der Waals surface area contributed by atoms with Gasteiger partial charge in [-0.15, -0.1) is 0 Å². The molecule has 2 N–H and O–H groups in total. The molecule has 3 rings (SSSR count). The van der Waals surface area contributed by atoms with Gasteiger partial charge in [-0.3, -0.25) is 4.90 Å². The third-order valence-electron chi connectivity index (χ3n) is 5.15. The molecule has 1 aliphatic carbocycles. The molecule has 1 aromatic carbocycles. The molecule has 0 spiro atoms. The molecule has 3 atom stereocenters. The van der Waals surface area contributed by atoms with E-state index in [2.05, 4.69) is 4.90 Å². The minimum absolute atomic E-state index is 0.383. The number of likely N-dealkylation sites (tertiary alicyclic amines) is 1. The van der Waals surface area contributed by atoms with E-state index in [0.717, 1.165) is 18.5 Å². The lowest BCUT2D eigenvalue weighted by molar-refractivity contribution is 0.0559. The summed E-state index contributed by atoms with van der Waals surface area (Å²) in [5.74, 6) is -0.286. The number of fused-ring (bicyclic) bond motifs is 1. The van der Waals surface area contributed by atoms with Crippen LogP contribution in [0.5, 0.6) is 0 Å². The van der Waals surface area contributed by atoms with E-state index in [-0.39, 0.29) is 6.04 Å². The maximum atomic E-state index is 13.8. The van der Waals surface area contributed by atoms with Crippen molar-refractivity contribution in [3.05, 3.63) is 35.4 Å². The van der Waals surface area contributed by atoms with E-state index >= 15 is 0 Å². The van der Waals surface area contributed by atoms with Crippen molar-refractivity contribution in [2.45, 2.75) is 50.6 Å². The van der Waals surface area contributed by atoms with Crippen molar-refractivity contribution in [3.8, 4) is 0 Å². The number of rotatable bonds is 3. The Hall–Kier alpha value is -1.00. The first kappa shape index (κ1) is 14.9. The fourth-order valence-corrected chi connectivity index (χ4v) is 4.11. The first-order valence-corrected chi connectivity index (χ1v) is 8.09. The summed E-state index contributed by atoms with van der Waals surface area (Å²) in [7, 11) is 0. The fourth-order valence-electron chi connectivity index (χ4n) is 4.11. The predicted octanol–water partition coefficient (Wildman–Crippen LogP) is 3.62. The van der Waals surface area contributed by atoms with E-state index in [0.29, 0.717) is 18.2 Å². The van der Waals surface area contributed by atoms with Gasteiger partial charge in [0, 0.05) is 30.3 Å². The lowest BCUT2D eigenvalue weighted by Gasteiger charge is -2.45. The third-order valence-corrected chi connectivity index (χ3v) is 5.15. The lowest BCUT2D eigenvalue weighted by atomic mass is 9.78. The highest BCUT2D eigenvalue weighted by Gasteiger charge is 2.34. The van der Waals surface area contributed by atoms with Crippen LogP contribution in [0.3, 0.4) is 0 Å². The standard InChI is InChI=1S/C17H24F2N2/c18-13-7-8-14(15(19)10-13)16(20)11-21-9-3-5-12-4-1-2-6-17(12)21/h7-8,10,12,16-17H,1-6,9,11,20H2/t12-,16?,17-/m1/s1. The summed E-state index contributed by atoms with van der Waals surface area (Å²) in [6.45, 7) is 1.72. The van der Waals surface area contributed by atoms with Gasteiger partial charge in [0.1, 0.15) is 11.6 Å². The molecule has 4 heteroatoms. The summed E-state index contributed by atoms with van der Waals surface area (Å²) >= 11 is 0. The molecule has 21 heavy (non-hydrogen) atoms. The van der Waals surface area contributed by atoms with E-state index in [4.69, 9.17) is 5.73 Å². The van der Waals surface area contributed by atoms with Crippen molar-refractivity contribution in [2.24, 2.45) is 11.7 Å². The van der Waals surface area contributed by atoms with Crippen molar-refractivity contribution in [1.29, 1.82) is 0 Å². The Morgan fingerprint density at radius 2 is 1.90 bits per heavy atom. The Bertz CT molecular complexity index is 490. The molecule has 0 radical (unpaired) electrons. The Morgan fingerprint density at radius 1 is 1.14 bits per heavy atom. The molecular formula is C17H24F2N2. The second kappa shape index (κ2) is 6.41. The highest BCUT2D eigenvalue weighted by atomic mass is 19.1. The summed E-state index contributed by atoms with van der Waals surface area (Å²) in [6.07, 6.45) is 7.72. The van der Waals surface area contributed by atoms with Gasteiger partial charge >= 0.3 is 0 Å². The Morgan fingerprint density at radius 3 is 2.71 bits per heavy atom. The van der Waals surface area contributed by atoms with Gasteiger partial charge in [0.2, 0.25) is 0 Å². The molecule has 1 saturated heterocycles. The minimum Gasteiger partial charge on any atom is -0.323 e. The van der Waals surface area contributed by atoms with Gasteiger partial charge in [0.15, 0.2) is 0 Å². The molecule has 2 aliphatic rings. The normalized spacial score (nSPS) is 28.1. The molecule has 116 valence electrons. The highest BCUT2D eigenvalue weighted by Crippen LogP contribution is 2.36. The number of halogens is 2. The molecule has 0 amide bonds. The van der Waals surface area contributed by atoms with Crippen LogP contribution in [-0.2, 0) is 0 Å². The maximum Gasteiger partial charge on any atom is 0.130 e. The van der Waals surface area contributed by atoms with Gasteiger partial charge in [0.25, 0.3) is 0 Å². The smallest absolute Gasteiger partial charge is 0.130 e. The lowest BCUT2D eigenvalue weighted by Crippen LogP contribution is -2.49. The number of hydrogen-bond acceptors (Lipinski definition) is 2. The molecule has 1 unspecified atom stereocenters. The molecule has 1 aromatic rings. The van der Waals surface area contributed by atoms with E-state index in [1.165, 1.54) is 50.7 Å². The van der Waals surface area contributed by atoms with E-state index in [1.54, 1.807) is 0 Å². The minimum atomic E-state index is -0.547. The van der Waals surface area contributed by atoms with Gasteiger partial charge < -0.3 is 5.73 Å². The van der Waals surface area contributed by atoms with Gasteiger partial charge in [-0.05, 0) is 44.2 Å². The Kier molecular flexibility index (Phi) is 4.55. The highest BCUT2D eigenvalue weighted by molar-refractivity contribution is 5.22. The van der Waals surface area contributed by atoms with Crippen molar-refractivity contribution in [3.63, 3.8) is 0 Å². The second-order valence-electron chi connectivity index (χ2n) is 6.52. The summed E-state index contributed by atoms with van der Waals surface area (Å²) in [4.78, 5) is 2.45. The van der Waals surface area contributed by atoms with Crippen molar-refractivity contribution in [1.82, 2.24) is 4.90 Å². The van der Waals surface area contributed by atoms with Crippen LogP contribution in [0.25, 0.3) is 0 Å². The second-order valence-corrected chi connectivity index (χ2v) is 6.52. The van der Waals surface area contributed by atoms with Crippen LogP contribution in [0.1, 0.15) is 50.1 Å². The summed E-state index contributed by atoms with van der Waals surface area (Å²) in [5, 5.41) is 0. The monoisotopic (exact) mass is 294 g/mol. The van der Waals surface area contributed by atoms with Crippen molar-refractivity contribution >= 4 is 0 Å². The summed E-state index contributed by atoms with van der Waals surface area (Å²) in [5.41, 5.74) is 6.62. The van der Waals surface area contributed by atoms with Gasteiger partial charge in [0.05, 0.1) is 0 Å². The number of hydrogen-bond donors (Lipinski definition) is 1. The van der Waals surface area contributed by atoms with Crippen LogP contribution >= 0.6 is 0 Å². The van der Waals surface area contributed by atoms with E-state index in [1.807, 2.05) is 0 Å². The van der Waals surface area contributed by atoms with Crippen LogP contribution in [0.2, 0.25) is 0 Å². The zero-order chi connectivity index (χ0) is 14.8. The predicted molar refractivity (Wildman–Crippen MR) is 79.8 cm³/mol. The maximum absolute atomic E-state index is 13.8. The average Bonchev–Trinajstić information content (AvgIpc) is 2.47. The van der Waals surface area contributed by atoms with E-state index < -0.39 is 11.6 Å². The third kappa shape index (κ3) is 3.27. The van der Waals surface area contributed by atoms with Crippen LogP contribution in [0.4, 0.5) is 8.78 Å². The van der Waals surface area contributed by atoms with Crippen LogP contribution in [-0.4, -0.2) is 24.0 Å². The average molecular weight is 294 g/mol. The molecule has 1 aliphatic heterocycles. The first-order chi connectivity index (χ1) is 10.1. The van der Waals surface area contributed by atoms with Gasteiger partial charge in [-0.25, -0.2) is 8.78 Å². The van der Waals surface area contributed by atoms with Crippen LogP contribution in [0.15, 0.2) is 18.2 Å². The van der Waals surface area contributed by atoms with Crippen molar-refractivity contribution < 1.29 is 8.78 Å². The van der Waals surface area contributed by atoms with Gasteiger partial charge in [-0.1, -0.05) is 18.9 Å². The quantitative estimate of drug-likeness (QED) is 0.922. The SMILES string of the molecule is NC(CN1CCC[C@H]2CCCC[C@H]21)c1ccc(F)cc1F. The largest absolute Gasteiger partial charge is 0.323 e. The molecular weight excluding hydrogens is 270 g/mol. The molecule has 2 nitrogen and oxygen atoms in total. The molecule has 1 saturated carbocycles. The zero-order valence-electron chi connectivity index (χ0n) is 12.4. The first-order valence-electron chi connectivity index (χ1n) is 8.09. The summed E-state index contributed by atoms with van der Waals surface area (Å²) in [6, 6.07) is 3.93. The van der Waals surface area contributed by atoms with Gasteiger partial charge in [-0.2, -0.15) is 0 Å². The molecule has 0 bridgehead atoms. The van der Waals surface area contributed by atoms with Crippen LogP contribution < -0.4 is 5.73 Å². The zero-order valence-corrected chi connectivity index (χ0v) is 12.4. The number of nitrogens with zero attached hydrogens (tertiary/aromatic N) is 1. The number of piperidine rings is 1. The Labute approximate surface area is 125 Å². The summed E-state index contributed by atoms with van der Waals surface area (Å²) < 4.78 is 26.8. The fraction of sp³-hybridized carbons (Fsp3) is 0.647. The molecule has 2 fully saturated rings. The topological polar surface area (TPSA) is 29.3 Å². The Balaban J connectivity index is 1.69. The molecule has 1 heterocycles. The van der Waals surface area contributed by atoms with Crippen LogP contribution in [0, 0.1) is 17.6 Å². The van der Waals surface area contributed by atoms with E-state index in [9.17, 15) is 8.78 Å². The van der Waals surface area contributed by atoms with Crippen molar-refractivity contribution in [2.75, 3.05) is 13.1 Å².